The van der Waals surface area contributed by atoms with Crippen LogP contribution in [-0.2, 0) is 11.3 Å². The number of benzene rings is 1. The minimum Gasteiger partial charge on any atom is -0.463 e. The van der Waals surface area contributed by atoms with Crippen molar-refractivity contribution in [3.05, 3.63) is 59.5 Å². The first kappa shape index (κ1) is 21.5. The largest absolute Gasteiger partial charge is 0.463 e. The van der Waals surface area contributed by atoms with E-state index in [4.69, 9.17) is 4.42 Å². The molecule has 1 aliphatic heterocycles. The number of hydrogen-bond acceptors (Lipinski definition) is 4. The Morgan fingerprint density at radius 1 is 1.12 bits per heavy atom. The van der Waals surface area contributed by atoms with E-state index in [0.717, 1.165) is 42.5 Å². The number of fused-ring (bicyclic) bond motifs is 1. The Labute approximate surface area is 193 Å². The smallest absolute Gasteiger partial charge is 0.277 e. The molecular formula is C26H30N4O3. The van der Waals surface area contributed by atoms with E-state index >= 15 is 0 Å². The molecule has 1 saturated carbocycles. The monoisotopic (exact) mass is 446 g/mol. The normalized spacial score (nSPS) is 21.2. The second-order valence-electron chi connectivity index (χ2n) is 9.54. The second kappa shape index (κ2) is 8.21. The molecule has 1 unspecified atom stereocenters. The van der Waals surface area contributed by atoms with E-state index in [9.17, 15) is 9.59 Å². The first-order chi connectivity index (χ1) is 15.9. The fourth-order valence-corrected chi connectivity index (χ4v) is 4.98. The van der Waals surface area contributed by atoms with Crippen molar-refractivity contribution in [2.75, 3.05) is 4.90 Å². The third-order valence-electron chi connectivity index (χ3n) is 7.11. The zero-order valence-electron chi connectivity index (χ0n) is 19.4. The second-order valence-corrected chi connectivity index (χ2v) is 9.54. The highest BCUT2D eigenvalue weighted by Crippen LogP contribution is 2.35. The highest BCUT2D eigenvalue weighted by Gasteiger charge is 2.49. The molecule has 1 fully saturated rings. The quantitative estimate of drug-likeness (QED) is 0.634. The van der Waals surface area contributed by atoms with Crippen LogP contribution in [0.3, 0.4) is 0 Å². The summed E-state index contributed by atoms with van der Waals surface area (Å²) in [6.45, 7) is 6.17. The molecule has 7 nitrogen and oxygen atoms in total. The van der Waals surface area contributed by atoms with Gasteiger partial charge in [-0.05, 0) is 69.0 Å². The van der Waals surface area contributed by atoms with E-state index in [1.807, 2.05) is 45.0 Å². The molecule has 0 saturated heterocycles. The molecule has 172 valence electrons. The summed E-state index contributed by atoms with van der Waals surface area (Å²) in [4.78, 5) is 29.3. The van der Waals surface area contributed by atoms with Crippen molar-refractivity contribution in [2.24, 2.45) is 0 Å². The van der Waals surface area contributed by atoms with E-state index < -0.39 is 5.54 Å². The van der Waals surface area contributed by atoms with Crippen LogP contribution in [0, 0.1) is 13.8 Å². The topological polar surface area (TPSA) is 80.4 Å². The Hall–Kier alpha value is -3.35. The van der Waals surface area contributed by atoms with Gasteiger partial charge >= 0.3 is 0 Å². The fraction of sp³-hybridized carbons (Fsp3) is 0.423. The fourth-order valence-electron chi connectivity index (χ4n) is 4.98. The zero-order chi connectivity index (χ0) is 23.2. The van der Waals surface area contributed by atoms with Gasteiger partial charge in [0, 0.05) is 17.8 Å². The molecule has 5 rings (SSSR count). The SMILES string of the molecule is Cc1ccc(N2C(=O)c3cc(-c4ccco4)nn3CC2(C)C(=O)NC2CCCCC2)cc1C. The highest BCUT2D eigenvalue weighted by atomic mass is 16.3. The van der Waals surface area contributed by atoms with Crippen molar-refractivity contribution < 1.29 is 14.0 Å². The first-order valence-corrected chi connectivity index (χ1v) is 11.7. The Bertz CT molecular complexity index is 1190. The van der Waals surface area contributed by atoms with Crippen LogP contribution in [0.5, 0.6) is 0 Å². The summed E-state index contributed by atoms with van der Waals surface area (Å²) >= 11 is 0. The summed E-state index contributed by atoms with van der Waals surface area (Å²) in [7, 11) is 0. The van der Waals surface area contributed by atoms with Gasteiger partial charge in [0.15, 0.2) is 5.76 Å². The molecule has 0 bridgehead atoms. The molecule has 1 atom stereocenters. The number of nitrogens with zero attached hydrogens (tertiary/aromatic N) is 3. The maximum absolute atomic E-state index is 13.9. The lowest BCUT2D eigenvalue weighted by atomic mass is 9.91. The molecule has 3 aromatic rings. The summed E-state index contributed by atoms with van der Waals surface area (Å²) < 4.78 is 7.14. The van der Waals surface area contributed by atoms with Crippen LogP contribution in [0.4, 0.5) is 5.69 Å². The van der Waals surface area contributed by atoms with Gasteiger partial charge in [-0.1, -0.05) is 25.3 Å². The lowest BCUT2D eigenvalue weighted by Crippen LogP contribution is -2.65. The average molecular weight is 447 g/mol. The van der Waals surface area contributed by atoms with Crippen LogP contribution in [-0.4, -0.2) is 33.2 Å². The molecule has 7 heteroatoms. The van der Waals surface area contributed by atoms with Crippen molar-refractivity contribution in [3.63, 3.8) is 0 Å². The molecule has 1 aromatic carbocycles. The van der Waals surface area contributed by atoms with Crippen molar-refractivity contribution in [1.29, 1.82) is 0 Å². The van der Waals surface area contributed by atoms with E-state index in [2.05, 4.69) is 10.4 Å². The minimum atomic E-state index is -1.12. The third-order valence-corrected chi connectivity index (χ3v) is 7.11. The van der Waals surface area contributed by atoms with Crippen molar-refractivity contribution in [2.45, 2.75) is 71.0 Å². The summed E-state index contributed by atoms with van der Waals surface area (Å²) in [6, 6.07) is 11.4. The van der Waals surface area contributed by atoms with Crippen molar-refractivity contribution >= 4 is 17.5 Å². The Balaban J connectivity index is 1.57. The van der Waals surface area contributed by atoms with Crippen LogP contribution in [0.2, 0.25) is 0 Å². The van der Waals surface area contributed by atoms with Crippen LogP contribution in [0.25, 0.3) is 11.5 Å². The van der Waals surface area contributed by atoms with Gasteiger partial charge in [-0.15, -0.1) is 0 Å². The van der Waals surface area contributed by atoms with E-state index in [0.29, 0.717) is 17.1 Å². The van der Waals surface area contributed by atoms with Crippen LogP contribution in [0.15, 0.2) is 47.1 Å². The maximum atomic E-state index is 13.9. The predicted octanol–water partition coefficient (Wildman–Crippen LogP) is 4.63. The summed E-state index contributed by atoms with van der Waals surface area (Å²) in [5.41, 5.74) is 2.85. The number of aromatic nitrogens is 2. The van der Waals surface area contributed by atoms with Gasteiger partial charge in [0.1, 0.15) is 16.9 Å². The lowest BCUT2D eigenvalue weighted by molar-refractivity contribution is -0.127. The zero-order valence-corrected chi connectivity index (χ0v) is 19.4. The van der Waals surface area contributed by atoms with Crippen LogP contribution in [0.1, 0.15) is 60.6 Å². The number of carbonyl (C=O) groups excluding carboxylic acids is 2. The van der Waals surface area contributed by atoms with Gasteiger partial charge in [-0.2, -0.15) is 5.10 Å². The summed E-state index contributed by atoms with van der Waals surface area (Å²) in [5, 5.41) is 7.87. The molecule has 0 spiro atoms. The van der Waals surface area contributed by atoms with E-state index in [1.54, 1.807) is 28.0 Å². The molecule has 1 N–H and O–H groups in total. The molecule has 0 radical (unpaired) electrons. The molecular weight excluding hydrogens is 416 g/mol. The van der Waals surface area contributed by atoms with E-state index in [1.165, 1.54) is 6.42 Å². The lowest BCUT2D eigenvalue weighted by Gasteiger charge is -2.44. The number of anilines is 1. The van der Waals surface area contributed by atoms with Crippen LogP contribution < -0.4 is 10.2 Å². The summed E-state index contributed by atoms with van der Waals surface area (Å²) in [6.07, 6.45) is 7.00. The number of amides is 2. The van der Waals surface area contributed by atoms with Gasteiger partial charge in [-0.25, -0.2) is 0 Å². The van der Waals surface area contributed by atoms with Crippen molar-refractivity contribution in [3.8, 4) is 11.5 Å². The van der Waals surface area contributed by atoms with E-state index in [-0.39, 0.29) is 24.4 Å². The maximum Gasteiger partial charge on any atom is 0.277 e. The number of nitrogens with one attached hydrogen (secondary N) is 1. The van der Waals surface area contributed by atoms with Crippen LogP contribution >= 0.6 is 0 Å². The number of carbonyl (C=O) groups is 2. The Morgan fingerprint density at radius 3 is 2.61 bits per heavy atom. The average Bonchev–Trinajstić information content (AvgIpc) is 3.47. The molecule has 3 heterocycles. The highest BCUT2D eigenvalue weighted by molar-refractivity contribution is 6.12. The molecule has 1 aliphatic carbocycles. The number of furan rings is 1. The Kier molecular flexibility index (Phi) is 5.35. The summed E-state index contributed by atoms with van der Waals surface area (Å²) in [5.74, 6) is 0.216. The molecule has 2 aromatic heterocycles. The van der Waals surface area contributed by atoms with Gasteiger partial charge in [0.2, 0.25) is 5.91 Å². The molecule has 33 heavy (non-hydrogen) atoms. The van der Waals surface area contributed by atoms with Gasteiger partial charge < -0.3 is 9.73 Å². The standard InChI is InChI=1S/C26H30N4O3/c1-17-11-12-20(14-18(17)2)30-24(31)22-15-21(23-10-7-13-33-23)28-29(22)16-26(30,3)25(32)27-19-8-5-4-6-9-19/h7,10-15,19H,4-6,8-9,16H2,1-3H3,(H,27,32). The number of rotatable bonds is 4. The number of hydrogen-bond donors (Lipinski definition) is 1. The minimum absolute atomic E-state index is 0.137. The first-order valence-electron chi connectivity index (χ1n) is 11.7. The number of aryl methyl sites for hydroxylation is 2. The van der Waals surface area contributed by atoms with Gasteiger partial charge in [0.05, 0.1) is 12.8 Å². The van der Waals surface area contributed by atoms with Gasteiger partial charge in [-0.3, -0.25) is 19.2 Å². The van der Waals surface area contributed by atoms with Gasteiger partial charge in [0.25, 0.3) is 5.91 Å². The van der Waals surface area contributed by atoms with Crippen molar-refractivity contribution in [1.82, 2.24) is 15.1 Å². The molecule has 2 aliphatic rings. The predicted molar refractivity (Wildman–Crippen MR) is 126 cm³/mol. The third kappa shape index (κ3) is 3.75. The molecule has 2 amide bonds. The Morgan fingerprint density at radius 2 is 1.91 bits per heavy atom.